The number of anilines is 2. The number of piperidine rings is 1. The summed E-state index contributed by atoms with van der Waals surface area (Å²) in [6.45, 7) is 9.43. The van der Waals surface area contributed by atoms with Crippen molar-refractivity contribution in [1.29, 1.82) is 0 Å². The average Bonchev–Trinajstić information content (AvgIpc) is 2.64. The molecule has 144 valence electrons. The van der Waals surface area contributed by atoms with E-state index in [2.05, 4.69) is 34.1 Å². The predicted molar refractivity (Wildman–Crippen MR) is 104 cm³/mol. The van der Waals surface area contributed by atoms with E-state index in [1.54, 1.807) is 12.2 Å². The highest BCUT2D eigenvalue weighted by Gasteiger charge is 2.41. The lowest BCUT2D eigenvalue weighted by molar-refractivity contribution is -0.137. The first kappa shape index (κ1) is 19.2. The van der Waals surface area contributed by atoms with E-state index >= 15 is 0 Å². The van der Waals surface area contributed by atoms with E-state index in [-0.39, 0.29) is 0 Å². The van der Waals surface area contributed by atoms with Crippen molar-refractivity contribution in [3.05, 3.63) is 60.7 Å². The highest BCUT2D eigenvalue weighted by Crippen LogP contribution is 2.39. The monoisotopic (exact) mass is 376 g/mol. The second-order valence-corrected chi connectivity index (χ2v) is 6.69. The summed E-state index contributed by atoms with van der Waals surface area (Å²) in [5, 5.41) is 9.93. The molecule has 0 amide bonds. The number of hydrogen-bond acceptors (Lipinski definition) is 3. The van der Waals surface area contributed by atoms with Crippen molar-refractivity contribution in [2.45, 2.75) is 24.6 Å². The Morgan fingerprint density at radius 1 is 1.19 bits per heavy atom. The van der Waals surface area contributed by atoms with Gasteiger partial charge < -0.3 is 16.0 Å². The van der Waals surface area contributed by atoms with Crippen LogP contribution in [0.5, 0.6) is 0 Å². The topological polar surface area (TPSA) is 48.5 Å². The minimum Gasteiger partial charge on any atom is -0.371 e. The minimum atomic E-state index is -4.39. The molecular weight excluding hydrogens is 353 g/mol. The average molecular weight is 376 g/mol. The summed E-state index contributed by atoms with van der Waals surface area (Å²) in [6.07, 6.45) is 2.36. The number of nitrogens with one attached hydrogen (secondary N) is 3. The maximum Gasteiger partial charge on any atom is 0.416 e. The van der Waals surface area contributed by atoms with Gasteiger partial charge in [-0.1, -0.05) is 31.4 Å². The molecule has 3 N–H and O–H groups in total. The first-order valence-electron chi connectivity index (χ1n) is 8.84. The molecule has 0 radical (unpaired) electrons. The number of nitrogens with zero attached hydrogens (tertiary/aromatic N) is 1. The molecular formula is C20H23F3N4. The molecule has 27 heavy (non-hydrogen) atoms. The third-order valence-electron chi connectivity index (χ3n) is 4.90. The Labute approximate surface area is 157 Å². The molecule has 1 fully saturated rings. The fourth-order valence-corrected chi connectivity index (χ4v) is 3.41. The van der Waals surface area contributed by atoms with Crippen molar-refractivity contribution in [2.75, 3.05) is 30.3 Å². The second kappa shape index (κ2) is 7.60. The molecule has 1 saturated heterocycles. The molecule has 3 rings (SSSR count). The highest BCUT2D eigenvalue weighted by atomic mass is 19.4. The van der Waals surface area contributed by atoms with Crippen molar-refractivity contribution in [3.63, 3.8) is 0 Å². The van der Waals surface area contributed by atoms with Crippen LogP contribution >= 0.6 is 0 Å². The number of fused-ring (bicyclic) bond motifs is 1. The lowest BCUT2D eigenvalue weighted by Gasteiger charge is -2.44. The number of aliphatic imine (C=N–C) groups is 1. The van der Waals surface area contributed by atoms with Crippen LogP contribution in [0.3, 0.4) is 0 Å². The summed E-state index contributed by atoms with van der Waals surface area (Å²) in [5.74, 6) is 0.660. The Balaban J connectivity index is 1.98. The van der Waals surface area contributed by atoms with Crippen LogP contribution in [-0.4, -0.2) is 31.0 Å². The Morgan fingerprint density at radius 2 is 1.93 bits per heavy atom. The summed E-state index contributed by atoms with van der Waals surface area (Å²) in [5.41, 5.74) is 0.834. The Kier molecular flexibility index (Phi) is 5.41. The first-order valence-corrected chi connectivity index (χ1v) is 8.84. The van der Waals surface area contributed by atoms with E-state index in [4.69, 9.17) is 0 Å². The number of benzene rings is 1. The van der Waals surface area contributed by atoms with Crippen molar-refractivity contribution in [2.24, 2.45) is 4.99 Å². The van der Waals surface area contributed by atoms with Crippen LogP contribution in [0.4, 0.5) is 24.5 Å². The molecule has 7 heteroatoms. The molecule has 0 unspecified atom stereocenters. The maximum atomic E-state index is 13.1. The van der Waals surface area contributed by atoms with Gasteiger partial charge in [0, 0.05) is 0 Å². The van der Waals surface area contributed by atoms with Crippen LogP contribution in [-0.2, 0) is 6.18 Å². The van der Waals surface area contributed by atoms with Gasteiger partial charge in [-0.15, -0.1) is 0 Å². The number of alkyl halides is 3. The summed E-state index contributed by atoms with van der Waals surface area (Å²) < 4.78 is 39.2. The highest BCUT2D eigenvalue weighted by molar-refractivity contribution is 6.09. The van der Waals surface area contributed by atoms with E-state index in [1.165, 1.54) is 6.07 Å². The van der Waals surface area contributed by atoms with Gasteiger partial charge in [0.05, 0.1) is 29.0 Å². The van der Waals surface area contributed by atoms with Gasteiger partial charge in [0.1, 0.15) is 5.84 Å². The molecule has 1 aromatic carbocycles. The number of rotatable bonds is 4. The van der Waals surface area contributed by atoms with E-state index in [0.29, 0.717) is 23.8 Å². The van der Waals surface area contributed by atoms with E-state index in [9.17, 15) is 13.2 Å². The minimum absolute atomic E-state index is 0.378. The Morgan fingerprint density at radius 3 is 2.56 bits per heavy atom. The van der Waals surface area contributed by atoms with Gasteiger partial charge in [0.15, 0.2) is 0 Å². The van der Waals surface area contributed by atoms with Crippen LogP contribution in [0, 0.1) is 0 Å². The largest absolute Gasteiger partial charge is 0.416 e. The predicted octanol–water partition coefficient (Wildman–Crippen LogP) is 4.36. The van der Waals surface area contributed by atoms with E-state index < -0.39 is 17.3 Å². The summed E-state index contributed by atoms with van der Waals surface area (Å²) in [6, 6.07) is 3.71. The van der Waals surface area contributed by atoms with Crippen LogP contribution < -0.4 is 16.0 Å². The molecule has 2 aliphatic heterocycles. The zero-order valence-electron chi connectivity index (χ0n) is 15.0. The standard InChI is InChI=1S/C20H23F3N4/c1-3-5-14(4-2)13-25-18-19(8-10-24-11-9-19)27-16-7-6-15(20(21,22)23)12-17(16)26-18/h3-7,12,24,27H,1-2,8-11,13H2,(H,25,26)/b14-5+. The van der Waals surface area contributed by atoms with Crippen LogP contribution in [0.2, 0.25) is 0 Å². The molecule has 0 aliphatic carbocycles. The Bertz CT molecular complexity index is 787. The van der Waals surface area contributed by atoms with Crippen LogP contribution in [0.25, 0.3) is 0 Å². The zero-order valence-corrected chi connectivity index (χ0v) is 15.0. The number of hydrogen-bond donors (Lipinski definition) is 3. The van der Waals surface area contributed by atoms with Gasteiger partial charge >= 0.3 is 6.18 Å². The van der Waals surface area contributed by atoms with E-state index in [0.717, 1.165) is 43.6 Å². The van der Waals surface area contributed by atoms with Gasteiger partial charge in [-0.25, -0.2) is 0 Å². The Hall–Kier alpha value is -2.54. The molecule has 0 saturated carbocycles. The molecule has 4 nitrogen and oxygen atoms in total. The van der Waals surface area contributed by atoms with Gasteiger partial charge in [-0.3, -0.25) is 4.99 Å². The first-order chi connectivity index (χ1) is 12.9. The second-order valence-electron chi connectivity index (χ2n) is 6.69. The van der Waals surface area contributed by atoms with Gasteiger partial charge in [0.2, 0.25) is 0 Å². The lowest BCUT2D eigenvalue weighted by Crippen LogP contribution is -2.58. The number of amidine groups is 1. The fraction of sp³-hybridized carbons (Fsp3) is 0.350. The molecule has 0 bridgehead atoms. The van der Waals surface area contributed by atoms with Crippen molar-refractivity contribution in [3.8, 4) is 0 Å². The van der Waals surface area contributed by atoms with Crippen LogP contribution in [0.15, 0.2) is 60.2 Å². The molecule has 1 spiro atoms. The maximum absolute atomic E-state index is 13.1. The molecule has 2 aliphatic rings. The summed E-state index contributed by atoms with van der Waals surface area (Å²) in [4.78, 5) is 4.69. The van der Waals surface area contributed by atoms with Crippen LogP contribution in [0.1, 0.15) is 18.4 Å². The van der Waals surface area contributed by atoms with Crippen molar-refractivity contribution in [1.82, 2.24) is 5.32 Å². The quantitative estimate of drug-likeness (QED) is 0.685. The van der Waals surface area contributed by atoms with Gasteiger partial charge in [-0.05, 0) is 49.7 Å². The SMILES string of the molecule is C=C/C=C(\C=C)CN=C1Nc2cc(C(F)(F)F)ccc2NC12CCNCC2. The molecule has 0 aromatic heterocycles. The normalized spacial score (nSPS) is 20.6. The van der Waals surface area contributed by atoms with Crippen molar-refractivity contribution < 1.29 is 13.2 Å². The third kappa shape index (κ3) is 4.08. The number of halogens is 3. The van der Waals surface area contributed by atoms with E-state index in [1.807, 2.05) is 6.08 Å². The molecule has 2 heterocycles. The lowest BCUT2D eigenvalue weighted by atomic mass is 9.84. The molecule has 1 aromatic rings. The summed E-state index contributed by atoms with van der Waals surface area (Å²) >= 11 is 0. The smallest absolute Gasteiger partial charge is 0.371 e. The third-order valence-corrected chi connectivity index (χ3v) is 4.90. The molecule has 0 atom stereocenters. The fourth-order valence-electron chi connectivity index (χ4n) is 3.41. The van der Waals surface area contributed by atoms with Crippen molar-refractivity contribution >= 4 is 17.2 Å². The number of allylic oxidation sites excluding steroid dienone is 2. The summed E-state index contributed by atoms with van der Waals surface area (Å²) in [7, 11) is 0. The van der Waals surface area contributed by atoms with Gasteiger partial charge in [0.25, 0.3) is 0 Å². The van der Waals surface area contributed by atoms with Gasteiger partial charge in [-0.2, -0.15) is 13.2 Å². The zero-order chi connectivity index (χ0) is 19.5.